The average molecular weight is 420 g/mol. The van der Waals surface area contributed by atoms with Crippen LogP contribution in [0.5, 0.6) is 5.75 Å². The van der Waals surface area contributed by atoms with Gasteiger partial charge in [0.1, 0.15) is 10.8 Å². The number of ether oxygens (including phenoxy) is 1. The summed E-state index contributed by atoms with van der Waals surface area (Å²) in [7, 11) is 3.69. The molecule has 6 nitrogen and oxygen atoms in total. The van der Waals surface area contributed by atoms with E-state index < -0.39 is 5.91 Å². The van der Waals surface area contributed by atoms with Crippen molar-refractivity contribution >= 4 is 39.9 Å². The molecular weight excluding hydrogens is 394 g/mol. The Hall–Kier alpha value is -2.03. The molecule has 1 aromatic carbocycles. The minimum absolute atomic E-state index is 0.0789. The number of fused-ring (bicyclic) bond motifs is 1. The Bertz CT molecular complexity index is 849. The molecule has 1 aromatic heterocycles. The molecule has 1 aliphatic heterocycles. The van der Waals surface area contributed by atoms with Gasteiger partial charge in [-0.3, -0.25) is 9.59 Å². The first-order valence-corrected chi connectivity index (χ1v) is 11.0. The number of amides is 2. The Morgan fingerprint density at radius 2 is 2.07 bits per heavy atom. The van der Waals surface area contributed by atoms with E-state index in [-0.39, 0.29) is 5.91 Å². The van der Waals surface area contributed by atoms with E-state index in [1.807, 2.05) is 31.3 Å². The summed E-state index contributed by atoms with van der Waals surface area (Å²) in [5, 5.41) is 3.51. The van der Waals surface area contributed by atoms with Crippen molar-refractivity contribution in [1.29, 1.82) is 0 Å². The van der Waals surface area contributed by atoms with E-state index >= 15 is 0 Å². The van der Waals surface area contributed by atoms with Gasteiger partial charge in [0.2, 0.25) is 5.91 Å². The standard InChI is InChI=1S/C20H25N3O3S2/c1-23-10-9-15-16(12-23)28-20(18(15)19(21)25)22-17(24)4-3-11-27-14-7-5-13(26-2)6-8-14/h5-8H,3-4,9-12H2,1-2H3,(H2,21,25)(H,22,24). The highest BCUT2D eigenvalue weighted by Gasteiger charge is 2.26. The predicted molar refractivity (Wildman–Crippen MR) is 114 cm³/mol. The first-order valence-electron chi connectivity index (χ1n) is 9.17. The fraction of sp³-hybridized carbons (Fsp3) is 0.400. The molecule has 2 heterocycles. The summed E-state index contributed by atoms with van der Waals surface area (Å²) in [6.07, 6.45) is 1.95. The Balaban J connectivity index is 1.52. The number of anilines is 1. The number of thiophene rings is 1. The molecule has 0 aliphatic carbocycles. The van der Waals surface area contributed by atoms with E-state index in [1.54, 1.807) is 18.9 Å². The topological polar surface area (TPSA) is 84.7 Å². The number of thioether (sulfide) groups is 1. The summed E-state index contributed by atoms with van der Waals surface area (Å²) < 4.78 is 5.15. The zero-order valence-electron chi connectivity index (χ0n) is 16.1. The largest absolute Gasteiger partial charge is 0.497 e. The summed E-state index contributed by atoms with van der Waals surface area (Å²) in [5.74, 6) is 1.13. The summed E-state index contributed by atoms with van der Waals surface area (Å²) in [6, 6.07) is 7.87. The van der Waals surface area contributed by atoms with Crippen LogP contribution in [0.1, 0.15) is 33.6 Å². The van der Waals surface area contributed by atoms with E-state index in [1.165, 1.54) is 11.3 Å². The van der Waals surface area contributed by atoms with E-state index in [9.17, 15) is 9.59 Å². The van der Waals surface area contributed by atoms with Crippen molar-refractivity contribution in [1.82, 2.24) is 4.90 Å². The third kappa shape index (κ3) is 5.06. The van der Waals surface area contributed by atoms with Gasteiger partial charge in [0, 0.05) is 29.3 Å². The number of benzene rings is 1. The maximum Gasteiger partial charge on any atom is 0.251 e. The molecule has 0 radical (unpaired) electrons. The fourth-order valence-corrected chi connectivity index (χ4v) is 5.37. The molecule has 150 valence electrons. The molecule has 8 heteroatoms. The minimum Gasteiger partial charge on any atom is -0.497 e. The first kappa shape index (κ1) is 20.7. The summed E-state index contributed by atoms with van der Waals surface area (Å²) >= 11 is 3.18. The predicted octanol–water partition coefficient (Wildman–Crippen LogP) is 3.35. The van der Waals surface area contributed by atoms with Crippen molar-refractivity contribution in [3.63, 3.8) is 0 Å². The van der Waals surface area contributed by atoms with Gasteiger partial charge < -0.3 is 20.7 Å². The maximum absolute atomic E-state index is 12.4. The van der Waals surface area contributed by atoms with Crippen LogP contribution in [0.25, 0.3) is 0 Å². The lowest BCUT2D eigenvalue weighted by Crippen LogP contribution is -2.27. The Labute approximate surface area is 173 Å². The Morgan fingerprint density at radius 1 is 1.32 bits per heavy atom. The molecule has 28 heavy (non-hydrogen) atoms. The number of carbonyl (C=O) groups excluding carboxylic acids is 2. The van der Waals surface area contributed by atoms with Crippen molar-refractivity contribution in [2.75, 3.05) is 31.8 Å². The van der Waals surface area contributed by atoms with Gasteiger partial charge in [-0.05, 0) is 55.5 Å². The fourth-order valence-electron chi connectivity index (χ4n) is 3.16. The zero-order chi connectivity index (χ0) is 20.1. The number of nitrogens with zero attached hydrogens (tertiary/aromatic N) is 1. The average Bonchev–Trinajstić information content (AvgIpc) is 3.02. The van der Waals surface area contributed by atoms with Crippen LogP contribution >= 0.6 is 23.1 Å². The van der Waals surface area contributed by atoms with Crippen LogP contribution in [0.4, 0.5) is 5.00 Å². The van der Waals surface area contributed by atoms with Crippen molar-refractivity contribution in [3.8, 4) is 5.75 Å². The second-order valence-corrected chi connectivity index (χ2v) is 9.01. The van der Waals surface area contributed by atoms with E-state index in [0.717, 1.165) is 52.8 Å². The number of carbonyl (C=O) groups is 2. The van der Waals surface area contributed by atoms with E-state index in [4.69, 9.17) is 10.5 Å². The lowest BCUT2D eigenvalue weighted by Gasteiger charge is -2.22. The highest BCUT2D eigenvalue weighted by molar-refractivity contribution is 7.99. The van der Waals surface area contributed by atoms with Gasteiger partial charge in [-0.1, -0.05) is 0 Å². The molecule has 3 rings (SSSR count). The Kier molecular flexibility index (Phi) is 6.98. The molecular formula is C20H25N3O3S2. The lowest BCUT2D eigenvalue weighted by molar-refractivity contribution is -0.116. The number of nitrogens with one attached hydrogen (secondary N) is 1. The number of nitrogens with two attached hydrogens (primary N) is 1. The third-order valence-electron chi connectivity index (χ3n) is 4.62. The monoisotopic (exact) mass is 419 g/mol. The molecule has 0 fully saturated rings. The van der Waals surface area contributed by atoms with Crippen LogP contribution in [-0.4, -0.2) is 43.2 Å². The number of rotatable bonds is 8. The second-order valence-electron chi connectivity index (χ2n) is 6.74. The number of primary amides is 1. The molecule has 2 amide bonds. The maximum atomic E-state index is 12.4. The van der Waals surface area contributed by atoms with Crippen LogP contribution in [0.2, 0.25) is 0 Å². The van der Waals surface area contributed by atoms with Crippen molar-refractivity contribution < 1.29 is 14.3 Å². The molecule has 0 saturated carbocycles. The molecule has 0 saturated heterocycles. The van der Waals surface area contributed by atoms with Crippen LogP contribution < -0.4 is 15.8 Å². The molecule has 2 aromatic rings. The zero-order valence-corrected chi connectivity index (χ0v) is 17.8. The number of hydrogen-bond acceptors (Lipinski definition) is 6. The quantitative estimate of drug-likeness (QED) is 0.506. The number of hydrogen-bond donors (Lipinski definition) is 2. The van der Waals surface area contributed by atoms with E-state index in [2.05, 4.69) is 10.2 Å². The normalized spacial score (nSPS) is 13.8. The summed E-state index contributed by atoms with van der Waals surface area (Å²) in [5.41, 5.74) is 7.09. The van der Waals surface area contributed by atoms with Gasteiger partial charge in [0.05, 0.1) is 12.7 Å². The van der Waals surface area contributed by atoms with Gasteiger partial charge in [0.15, 0.2) is 0 Å². The van der Waals surface area contributed by atoms with Crippen molar-refractivity contribution in [3.05, 3.63) is 40.3 Å². The number of methoxy groups -OCH3 is 1. The molecule has 3 N–H and O–H groups in total. The van der Waals surface area contributed by atoms with Gasteiger partial charge in [0.25, 0.3) is 5.91 Å². The Morgan fingerprint density at radius 3 is 2.75 bits per heavy atom. The lowest BCUT2D eigenvalue weighted by atomic mass is 10.0. The van der Waals surface area contributed by atoms with Crippen molar-refractivity contribution in [2.45, 2.75) is 30.7 Å². The van der Waals surface area contributed by atoms with Crippen molar-refractivity contribution in [2.24, 2.45) is 5.73 Å². The van der Waals surface area contributed by atoms with E-state index in [0.29, 0.717) is 17.0 Å². The molecule has 0 atom stereocenters. The van der Waals surface area contributed by atoms with Crippen LogP contribution in [0.3, 0.4) is 0 Å². The minimum atomic E-state index is -0.465. The van der Waals surface area contributed by atoms with Gasteiger partial charge >= 0.3 is 0 Å². The molecule has 1 aliphatic rings. The van der Waals surface area contributed by atoms with Gasteiger partial charge in [-0.15, -0.1) is 23.1 Å². The molecule has 0 spiro atoms. The third-order valence-corrected chi connectivity index (χ3v) is 6.85. The first-order chi connectivity index (χ1) is 13.5. The van der Waals surface area contributed by atoms with Crippen LogP contribution in [-0.2, 0) is 17.8 Å². The number of likely N-dealkylation sites (N-methyl/N-ethyl adjacent to an activating group) is 1. The SMILES string of the molecule is COc1ccc(SCCCC(=O)Nc2sc3c(c2C(N)=O)CCN(C)C3)cc1. The highest BCUT2D eigenvalue weighted by Crippen LogP contribution is 2.36. The van der Waals surface area contributed by atoms with Gasteiger partial charge in [-0.2, -0.15) is 0 Å². The summed E-state index contributed by atoms with van der Waals surface area (Å²) in [6.45, 7) is 1.68. The van der Waals surface area contributed by atoms with Crippen LogP contribution in [0.15, 0.2) is 29.2 Å². The van der Waals surface area contributed by atoms with Gasteiger partial charge in [-0.25, -0.2) is 0 Å². The second kappa shape index (κ2) is 9.45. The smallest absolute Gasteiger partial charge is 0.251 e. The molecule has 0 bridgehead atoms. The molecule has 0 unspecified atom stereocenters. The summed E-state index contributed by atoms with van der Waals surface area (Å²) in [4.78, 5) is 28.8. The van der Waals surface area contributed by atoms with Crippen LogP contribution in [0, 0.1) is 0 Å². The highest BCUT2D eigenvalue weighted by atomic mass is 32.2.